The minimum absolute atomic E-state index is 0.149. The zero-order valence-corrected chi connectivity index (χ0v) is 10.4. The summed E-state index contributed by atoms with van der Waals surface area (Å²) in [5, 5.41) is 12.2. The van der Waals surface area contributed by atoms with Gasteiger partial charge in [-0.1, -0.05) is 0 Å². The molecule has 100 valence electrons. The monoisotopic (exact) mass is 254 g/mol. The molecular weight excluding hydrogens is 236 g/mol. The van der Waals surface area contributed by atoms with Crippen LogP contribution in [0, 0.1) is 12.8 Å². The van der Waals surface area contributed by atoms with Gasteiger partial charge in [0.25, 0.3) is 5.91 Å². The van der Waals surface area contributed by atoms with E-state index in [1.54, 1.807) is 6.92 Å². The summed E-state index contributed by atoms with van der Waals surface area (Å²) in [6.45, 7) is 2.76. The molecule has 1 aliphatic carbocycles. The van der Waals surface area contributed by atoms with Crippen LogP contribution in [0.25, 0.3) is 0 Å². The first-order valence-electron chi connectivity index (χ1n) is 6.11. The van der Waals surface area contributed by atoms with Crippen LogP contribution in [0.4, 0.5) is 0 Å². The lowest BCUT2D eigenvalue weighted by atomic mass is 10.3. The van der Waals surface area contributed by atoms with Crippen LogP contribution in [0.1, 0.15) is 29.1 Å². The van der Waals surface area contributed by atoms with Gasteiger partial charge in [0.05, 0.1) is 12.7 Å². The molecule has 0 aliphatic heterocycles. The van der Waals surface area contributed by atoms with Crippen LogP contribution < -0.4 is 5.32 Å². The second-order valence-corrected chi connectivity index (χ2v) is 4.60. The standard InChI is InChI=1S/C12H18N2O4/c1-8-11(14-7-18-8)12(16)13-4-10(15)6-17-5-9-2-3-9/h7,9-10,15H,2-6H2,1H3,(H,13,16). The Bertz CT molecular complexity index is 401. The molecule has 1 saturated carbocycles. The molecule has 0 aromatic carbocycles. The fourth-order valence-electron chi connectivity index (χ4n) is 1.53. The van der Waals surface area contributed by atoms with Crippen molar-refractivity contribution in [3.8, 4) is 0 Å². The quantitative estimate of drug-likeness (QED) is 0.740. The summed E-state index contributed by atoms with van der Waals surface area (Å²) in [6.07, 6.45) is 2.97. The van der Waals surface area contributed by atoms with Gasteiger partial charge < -0.3 is 19.6 Å². The van der Waals surface area contributed by atoms with E-state index in [-0.39, 0.29) is 24.8 Å². The summed E-state index contributed by atoms with van der Waals surface area (Å²) in [6, 6.07) is 0. The molecule has 2 N–H and O–H groups in total. The van der Waals surface area contributed by atoms with Crippen molar-refractivity contribution in [3.63, 3.8) is 0 Å². The number of nitrogens with zero attached hydrogens (tertiary/aromatic N) is 1. The number of aromatic nitrogens is 1. The Balaban J connectivity index is 1.63. The van der Waals surface area contributed by atoms with Crippen LogP contribution in [0.2, 0.25) is 0 Å². The molecule has 1 aromatic rings. The summed E-state index contributed by atoms with van der Waals surface area (Å²) in [7, 11) is 0. The average molecular weight is 254 g/mol. The third-order valence-electron chi connectivity index (χ3n) is 2.82. The van der Waals surface area contributed by atoms with E-state index in [9.17, 15) is 9.90 Å². The second kappa shape index (κ2) is 5.97. The van der Waals surface area contributed by atoms with Crippen molar-refractivity contribution in [1.82, 2.24) is 10.3 Å². The van der Waals surface area contributed by atoms with Crippen molar-refractivity contribution >= 4 is 5.91 Å². The van der Waals surface area contributed by atoms with Gasteiger partial charge >= 0.3 is 0 Å². The maximum Gasteiger partial charge on any atom is 0.273 e. The lowest BCUT2D eigenvalue weighted by molar-refractivity contribution is 0.0320. The number of aliphatic hydroxyl groups is 1. The molecule has 0 bridgehead atoms. The van der Waals surface area contributed by atoms with E-state index in [0.29, 0.717) is 18.3 Å². The van der Waals surface area contributed by atoms with Gasteiger partial charge in [-0.15, -0.1) is 0 Å². The maximum absolute atomic E-state index is 11.6. The first-order valence-corrected chi connectivity index (χ1v) is 6.11. The van der Waals surface area contributed by atoms with Gasteiger partial charge in [-0.05, 0) is 25.7 Å². The zero-order valence-electron chi connectivity index (χ0n) is 10.4. The van der Waals surface area contributed by atoms with E-state index in [2.05, 4.69) is 10.3 Å². The number of aryl methyl sites for hydroxylation is 1. The largest absolute Gasteiger partial charge is 0.448 e. The molecule has 0 saturated heterocycles. The third-order valence-corrected chi connectivity index (χ3v) is 2.82. The molecule has 1 heterocycles. The van der Waals surface area contributed by atoms with Gasteiger partial charge in [0, 0.05) is 13.2 Å². The summed E-state index contributed by atoms with van der Waals surface area (Å²) in [5.74, 6) is 0.791. The van der Waals surface area contributed by atoms with Crippen LogP contribution in [0.3, 0.4) is 0 Å². The molecule has 1 atom stereocenters. The highest BCUT2D eigenvalue weighted by Gasteiger charge is 2.21. The summed E-state index contributed by atoms with van der Waals surface area (Å²) in [4.78, 5) is 15.4. The van der Waals surface area contributed by atoms with E-state index in [4.69, 9.17) is 9.15 Å². The topological polar surface area (TPSA) is 84.6 Å². The van der Waals surface area contributed by atoms with Gasteiger partial charge in [0.1, 0.15) is 5.76 Å². The van der Waals surface area contributed by atoms with Crippen LogP contribution in [-0.2, 0) is 4.74 Å². The fourth-order valence-corrected chi connectivity index (χ4v) is 1.53. The Morgan fingerprint density at radius 3 is 3.11 bits per heavy atom. The number of aliphatic hydroxyl groups excluding tert-OH is 1. The maximum atomic E-state index is 11.6. The van der Waals surface area contributed by atoms with Crippen LogP contribution >= 0.6 is 0 Å². The molecule has 6 heteroatoms. The average Bonchev–Trinajstić information content (AvgIpc) is 3.07. The number of hydrogen-bond donors (Lipinski definition) is 2. The summed E-state index contributed by atoms with van der Waals surface area (Å²) >= 11 is 0. The van der Waals surface area contributed by atoms with Crippen molar-refractivity contribution in [2.24, 2.45) is 5.92 Å². The minimum atomic E-state index is -0.695. The number of rotatable bonds is 7. The number of amides is 1. The smallest absolute Gasteiger partial charge is 0.273 e. The van der Waals surface area contributed by atoms with E-state index in [1.807, 2.05) is 0 Å². The number of nitrogens with one attached hydrogen (secondary N) is 1. The lowest BCUT2D eigenvalue weighted by Crippen LogP contribution is -2.35. The molecule has 0 radical (unpaired) electrons. The van der Waals surface area contributed by atoms with Crippen molar-refractivity contribution in [3.05, 3.63) is 17.8 Å². The van der Waals surface area contributed by atoms with E-state index >= 15 is 0 Å². The van der Waals surface area contributed by atoms with Crippen LogP contribution in [0.15, 0.2) is 10.8 Å². The Morgan fingerprint density at radius 1 is 1.72 bits per heavy atom. The van der Waals surface area contributed by atoms with Crippen molar-refractivity contribution < 1.29 is 19.1 Å². The molecular formula is C12H18N2O4. The van der Waals surface area contributed by atoms with E-state index < -0.39 is 6.10 Å². The predicted octanol–water partition coefficient (Wildman–Crippen LogP) is 0.500. The Kier molecular flexibility index (Phi) is 4.33. The molecule has 6 nitrogen and oxygen atoms in total. The molecule has 2 rings (SSSR count). The first-order chi connectivity index (χ1) is 8.66. The fraction of sp³-hybridized carbons (Fsp3) is 0.667. The lowest BCUT2D eigenvalue weighted by Gasteiger charge is -2.11. The molecule has 1 aliphatic rings. The number of carbonyl (C=O) groups excluding carboxylic acids is 1. The van der Waals surface area contributed by atoms with Crippen molar-refractivity contribution in [1.29, 1.82) is 0 Å². The highest BCUT2D eigenvalue weighted by molar-refractivity contribution is 5.93. The summed E-state index contributed by atoms with van der Waals surface area (Å²) < 4.78 is 10.3. The van der Waals surface area contributed by atoms with Crippen molar-refractivity contribution in [2.45, 2.75) is 25.9 Å². The van der Waals surface area contributed by atoms with Gasteiger partial charge in [0.15, 0.2) is 12.1 Å². The van der Waals surface area contributed by atoms with Gasteiger partial charge in [-0.25, -0.2) is 4.98 Å². The molecule has 0 spiro atoms. The number of carbonyl (C=O) groups is 1. The highest BCUT2D eigenvalue weighted by Crippen LogP contribution is 2.28. The highest BCUT2D eigenvalue weighted by atomic mass is 16.5. The van der Waals surface area contributed by atoms with Gasteiger partial charge in [0.2, 0.25) is 0 Å². The number of oxazole rings is 1. The Hall–Kier alpha value is -1.40. The van der Waals surface area contributed by atoms with Crippen LogP contribution in [-0.4, -0.2) is 41.9 Å². The van der Waals surface area contributed by atoms with Crippen molar-refractivity contribution in [2.75, 3.05) is 19.8 Å². The number of ether oxygens (including phenoxy) is 1. The second-order valence-electron chi connectivity index (χ2n) is 4.60. The third kappa shape index (κ3) is 3.82. The number of hydrogen-bond acceptors (Lipinski definition) is 5. The molecule has 1 amide bonds. The first kappa shape index (κ1) is 13.0. The van der Waals surface area contributed by atoms with E-state index in [1.165, 1.54) is 19.2 Å². The Labute approximate surface area is 105 Å². The van der Waals surface area contributed by atoms with E-state index in [0.717, 1.165) is 0 Å². The van der Waals surface area contributed by atoms with Gasteiger partial charge in [-0.3, -0.25) is 4.79 Å². The SMILES string of the molecule is Cc1ocnc1C(=O)NCC(O)COCC1CC1. The van der Waals surface area contributed by atoms with Crippen LogP contribution in [0.5, 0.6) is 0 Å². The zero-order chi connectivity index (χ0) is 13.0. The molecule has 1 unspecified atom stereocenters. The molecule has 1 aromatic heterocycles. The Morgan fingerprint density at radius 2 is 2.50 bits per heavy atom. The normalized spacial score (nSPS) is 16.6. The molecule has 18 heavy (non-hydrogen) atoms. The predicted molar refractivity (Wildman–Crippen MR) is 63.1 cm³/mol. The summed E-state index contributed by atoms with van der Waals surface area (Å²) in [5.41, 5.74) is 0.251. The molecule has 1 fully saturated rings. The minimum Gasteiger partial charge on any atom is -0.448 e. The van der Waals surface area contributed by atoms with Gasteiger partial charge in [-0.2, -0.15) is 0 Å².